The minimum absolute atomic E-state index is 0.0351. The van der Waals surface area contributed by atoms with E-state index in [0.717, 1.165) is 5.56 Å². The van der Waals surface area contributed by atoms with Crippen molar-refractivity contribution in [2.75, 3.05) is 6.61 Å². The molecule has 0 aliphatic heterocycles. The van der Waals surface area contributed by atoms with Crippen molar-refractivity contribution < 1.29 is 27.6 Å². The van der Waals surface area contributed by atoms with E-state index in [9.17, 15) is 18.6 Å². The molecular formula is C15H24O6S. The Morgan fingerprint density at radius 3 is 2.09 bits per heavy atom. The maximum atomic E-state index is 12.1. The second-order valence-corrected chi connectivity index (χ2v) is 7.12. The summed E-state index contributed by atoms with van der Waals surface area (Å²) in [5.41, 5.74) is 0.935. The van der Waals surface area contributed by atoms with Crippen LogP contribution >= 0.6 is 0 Å². The summed E-state index contributed by atoms with van der Waals surface area (Å²) in [6.07, 6.45) is -3.49. The molecule has 0 saturated heterocycles. The van der Waals surface area contributed by atoms with E-state index in [1.165, 1.54) is 19.1 Å². The fourth-order valence-electron chi connectivity index (χ4n) is 1.81. The van der Waals surface area contributed by atoms with E-state index in [-0.39, 0.29) is 17.6 Å². The van der Waals surface area contributed by atoms with Crippen molar-refractivity contribution in [1.82, 2.24) is 0 Å². The highest BCUT2D eigenvalue weighted by Crippen LogP contribution is 2.16. The maximum absolute atomic E-state index is 12.1. The average molecular weight is 332 g/mol. The Morgan fingerprint density at radius 2 is 1.64 bits per heavy atom. The Morgan fingerprint density at radius 1 is 1.09 bits per heavy atom. The quantitative estimate of drug-likeness (QED) is 0.696. The Labute approximate surface area is 131 Å². The van der Waals surface area contributed by atoms with Gasteiger partial charge in [-0.2, -0.15) is 8.42 Å². The Kier molecular flexibility index (Phi) is 6.96. The molecule has 22 heavy (non-hydrogen) atoms. The van der Waals surface area contributed by atoms with Gasteiger partial charge in [-0.25, -0.2) is 0 Å². The van der Waals surface area contributed by atoms with Gasteiger partial charge >= 0.3 is 0 Å². The first-order chi connectivity index (χ1) is 10.1. The molecule has 0 bridgehead atoms. The summed E-state index contributed by atoms with van der Waals surface area (Å²) in [5.74, 6) is 0. The zero-order chi connectivity index (χ0) is 16.9. The Balaban J connectivity index is 2.80. The van der Waals surface area contributed by atoms with Crippen molar-refractivity contribution >= 4 is 10.1 Å². The van der Waals surface area contributed by atoms with Gasteiger partial charge in [-0.15, -0.1) is 0 Å². The van der Waals surface area contributed by atoms with E-state index < -0.39 is 28.4 Å². The van der Waals surface area contributed by atoms with Gasteiger partial charge in [-0.05, 0) is 39.8 Å². The van der Waals surface area contributed by atoms with Crippen LogP contribution in [0.3, 0.4) is 0 Å². The molecule has 0 radical (unpaired) electrons. The SMILES string of the molecule is Cc1ccc(S(=O)(=O)OCC(OC(C)C)[C@H](O)[C@@H](C)O)cc1. The number of hydrogen-bond donors (Lipinski definition) is 2. The van der Waals surface area contributed by atoms with Crippen molar-refractivity contribution in [1.29, 1.82) is 0 Å². The van der Waals surface area contributed by atoms with Crippen LogP contribution in [-0.2, 0) is 19.0 Å². The number of aryl methyl sites for hydroxylation is 1. The third kappa shape index (κ3) is 5.66. The average Bonchev–Trinajstić information content (AvgIpc) is 2.42. The van der Waals surface area contributed by atoms with Gasteiger partial charge in [0.15, 0.2) is 0 Å². The lowest BCUT2D eigenvalue weighted by atomic mass is 10.1. The minimum Gasteiger partial charge on any atom is -0.391 e. The molecule has 0 heterocycles. The van der Waals surface area contributed by atoms with E-state index in [1.54, 1.807) is 26.0 Å². The second-order valence-electron chi connectivity index (χ2n) is 5.51. The third-order valence-corrected chi connectivity index (χ3v) is 4.32. The fourth-order valence-corrected chi connectivity index (χ4v) is 2.73. The molecule has 126 valence electrons. The summed E-state index contributed by atoms with van der Waals surface area (Å²) in [6.45, 7) is 6.37. The smallest absolute Gasteiger partial charge is 0.297 e. The van der Waals surface area contributed by atoms with Gasteiger partial charge < -0.3 is 14.9 Å². The standard InChI is InChI=1S/C15H24O6S/c1-10(2)21-14(15(17)12(4)16)9-20-22(18,19)13-7-5-11(3)6-8-13/h5-8,10,12,14-17H,9H2,1-4H3/t12-,14?,15-/m1/s1. The van der Waals surface area contributed by atoms with Crippen molar-refractivity contribution in [3.05, 3.63) is 29.8 Å². The highest BCUT2D eigenvalue weighted by atomic mass is 32.2. The van der Waals surface area contributed by atoms with Crippen molar-refractivity contribution in [2.24, 2.45) is 0 Å². The molecule has 2 N–H and O–H groups in total. The van der Waals surface area contributed by atoms with E-state index in [0.29, 0.717) is 0 Å². The normalized spacial score (nSPS) is 16.5. The van der Waals surface area contributed by atoms with Crippen LogP contribution in [-0.4, -0.2) is 49.7 Å². The summed E-state index contributed by atoms with van der Waals surface area (Å²) >= 11 is 0. The van der Waals surface area contributed by atoms with Gasteiger partial charge in [0.25, 0.3) is 10.1 Å². The van der Waals surface area contributed by atoms with E-state index in [4.69, 9.17) is 8.92 Å². The molecule has 0 spiro atoms. The lowest BCUT2D eigenvalue weighted by Gasteiger charge is -2.26. The van der Waals surface area contributed by atoms with E-state index >= 15 is 0 Å². The highest BCUT2D eigenvalue weighted by molar-refractivity contribution is 7.86. The van der Waals surface area contributed by atoms with Crippen LogP contribution in [0, 0.1) is 6.92 Å². The molecule has 3 atom stereocenters. The molecule has 0 fully saturated rings. The zero-order valence-electron chi connectivity index (χ0n) is 13.3. The van der Waals surface area contributed by atoms with Crippen LogP contribution in [0.2, 0.25) is 0 Å². The van der Waals surface area contributed by atoms with Crippen LogP contribution in [0.4, 0.5) is 0 Å². The van der Waals surface area contributed by atoms with Crippen LogP contribution in [0.15, 0.2) is 29.2 Å². The largest absolute Gasteiger partial charge is 0.391 e. The lowest BCUT2D eigenvalue weighted by Crippen LogP contribution is -2.42. The van der Waals surface area contributed by atoms with Gasteiger partial charge in [-0.3, -0.25) is 4.18 Å². The molecule has 0 aliphatic rings. The topological polar surface area (TPSA) is 93.1 Å². The number of ether oxygens (including phenoxy) is 1. The van der Waals surface area contributed by atoms with Crippen LogP contribution in [0.1, 0.15) is 26.3 Å². The summed E-state index contributed by atoms with van der Waals surface area (Å²) < 4.78 is 34.6. The van der Waals surface area contributed by atoms with Gasteiger partial charge in [0.2, 0.25) is 0 Å². The molecule has 0 aromatic heterocycles. The van der Waals surface area contributed by atoms with Gasteiger partial charge in [0.1, 0.15) is 12.2 Å². The van der Waals surface area contributed by atoms with Crippen LogP contribution in [0.5, 0.6) is 0 Å². The third-order valence-electron chi connectivity index (χ3n) is 3.02. The lowest BCUT2D eigenvalue weighted by molar-refractivity contribution is -0.115. The fraction of sp³-hybridized carbons (Fsp3) is 0.600. The molecule has 0 amide bonds. The molecule has 7 heteroatoms. The molecule has 6 nitrogen and oxygen atoms in total. The summed E-state index contributed by atoms with van der Waals surface area (Å²) in [7, 11) is -3.94. The Bertz CT molecular complexity index is 550. The summed E-state index contributed by atoms with van der Waals surface area (Å²) in [6, 6.07) is 6.24. The predicted octanol–water partition coefficient (Wildman–Crippen LogP) is 1.24. The number of aliphatic hydroxyl groups is 2. The monoisotopic (exact) mass is 332 g/mol. The number of benzene rings is 1. The van der Waals surface area contributed by atoms with Crippen molar-refractivity contribution in [2.45, 2.75) is 57.0 Å². The van der Waals surface area contributed by atoms with Crippen LogP contribution in [0.25, 0.3) is 0 Å². The first-order valence-corrected chi connectivity index (χ1v) is 8.52. The van der Waals surface area contributed by atoms with Gasteiger partial charge in [0, 0.05) is 0 Å². The molecule has 0 saturated carbocycles. The van der Waals surface area contributed by atoms with E-state index in [1.807, 2.05) is 6.92 Å². The molecule has 1 aromatic carbocycles. The highest BCUT2D eigenvalue weighted by Gasteiger charge is 2.28. The molecule has 0 aliphatic carbocycles. The first kappa shape index (κ1) is 19.1. The van der Waals surface area contributed by atoms with Crippen LogP contribution < -0.4 is 0 Å². The minimum atomic E-state index is -3.94. The number of rotatable bonds is 8. The maximum Gasteiger partial charge on any atom is 0.297 e. The zero-order valence-corrected chi connectivity index (χ0v) is 14.1. The second kappa shape index (κ2) is 8.03. The molecule has 1 unspecified atom stereocenters. The van der Waals surface area contributed by atoms with Gasteiger partial charge in [0.05, 0.1) is 23.7 Å². The number of aliphatic hydroxyl groups excluding tert-OH is 2. The van der Waals surface area contributed by atoms with Crippen molar-refractivity contribution in [3.8, 4) is 0 Å². The molecule has 1 rings (SSSR count). The van der Waals surface area contributed by atoms with Gasteiger partial charge in [-0.1, -0.05) is 17.7 Å². The molecular weight excluding hydrogens is 308 g/mol. The number of hydrogen-bond acceptors (Lipinski definition) is 6. The molecule has 1 aromatic rings. The predicted molar refractivity (Wildman–Crippen MR) is 82.0 cm³/mol. The van der Waals surface area contributed by atoms with E-state index in [2.05, 4.69) is 0 Å². The Hall–Kier alpha value is -0.990. The van der Waals surface area contributed by atoms with Crippen molar-refractivity contribution in [3.63, 3.8) is 0 Å². The summed E-state index contributed by atoms with van der Waals surface area (Å²) in [4.78, 5) is 0.0351. The summed E-state index contributed by atoms with van der Waals surface area (Å²) in [5, 5.41) is 19.3. The first-order valence-electron chi connectivity index (χ1n) is 7.11.